The average molecular weight is 263 g/mol. The maximum absolute atomic E-state index is 10.2. The molecule has 1 aliphatic carbocycles. The molecule has 0 radical (unpaired) electrons. The molecular formula is C16H25NO2. The van der Waals surface area contributed by atoms with Crippen LogP contribution in [0.3, 0.4) is 0 Å². The smallest absolute Gasteiger partial charge is 0.120 e. The highest BCUT2D eigenvalue weighted by atomic mass is 16.3. The predicted octanol–water partition coefficient (Wildman–Crippen LogP) is 2.86. The second-order valence-electron chi connectivity index (χ2n) is 6.12. The predicted molar refractivity (Wildman–Crippen MR) is 77.5 cm³/mol. The Labute approximate surface area is 115 Å². The highest BCUT2D eigenvalue weighted by Gasteiger charge is 2.33. The lowest BCUT2D eigenvalue weighted by Crippen LogP contribution is -2.39. The van der Waals surface area contributed by atoms with Gasteiger partial charge in [0.05, 0.1) is 6.61 Å². The number of hydrogen-bond acceptors (Lipinski definition) is 3. The van der Waals surface area contributed by atoms with Crippen LogP contribution in [0.1, 0.15) is 55.8 Å². The topological polar surface area (TPSA) is 52.5 Å². The van der Waals surface area contributed by atoms with E-state index in [0.29, 0.717) is 17.6 Å². The lowest BCUT2D eigenvalue weighted by atomic mass is 9.97. The summed E-state index contributed by atoms with van der Waals surface area (Å²) >= 11 is 0. The normalized spacial score (nSPS) is 23.7. The van der Waals surface area contributed by atoms with Gasteiger partial charge in [-0.1, -0.05) is 26.8 Å². The summed E-state index contributed by atoms with van der Waals surface area (Å²) in [5, 5.41) is 23.1. The van der Waals surface area contributed by atoms with E-state index in [9.17, 15) is 10.2 Å². The van der Waals surface area contributed by atoms with Gasteiger partial charge in [0.2, 0.25) is 0 Å². The highest BCUT2D eigenvalue weighted by Crippen LogP contribution is 2.46. The molecule has 106 valence electrons. The van der Waals surface area contributed by atoms with Crippen LogP contribution in [0.5, 0.6) is 5.75 Å². The molecule has 3 nitrogen and oxygen atoms in total. The number of aliphatic hydroxyl groups is 1. The van der Waals surface area contributed by atoms with Crippen molar-refractivity contribution < 1.29 is 10.2 Å². The van der Waals surface area contributed by atoms with E-state index in [2.05, 4.69) is 33.0 Å². The van der Waals surface area contributed by atoms with Gasteiger partial charge in [-0.3, -0.25) is 0 Å². The third-order valence-electron chi connectivity index (χ3n) is 4.33. The Morgan fingerprint density at radius 3 is 2.58 bits per heavy atom. The quantitative estimate of drug-likeness (QED) is 0.783. The molecule has 0 saturated carbocycles. The second kappa shape index (κ2) is 5.51. The van der Waals surface area contributed by atoms with Gasteiger partial charge >= 0.3 is 0 Å². The van der Waals surface area contributed by atoms with Crippen LogP contribution in [0.4, 0.5) is 0 Å². The van der Waals surface area contributed by atoms with Crippen molar-refractivity contribution in [1.82, 2.24) is 5.32 Å². The molecule has 0 fully saturated rings. The maximum Gasteiger partial charge on any atom is 0.120 e. The van der Waals surface area contributed by atoms with E-state index in [1.165, 1.54) is 11.1 Å². The van der Waals surface area contributed by atoms with Crippen LogP contribution in [-0.2, 0) is 0 Å². The molecule has 1 aliphatic rings. The minimum absolute atomic E-state index is 0.0723. The number of hydrogen-bond donors (Lipinski definition) is 3. The van der Waals surface area contributed by atoms with E-state index < -0.39 is 0 Å². The second-order valence-corrected chi connectivity index (χ2v) is 6.12. The summed E-state index contributed by atoms with van der Waals surface area (Å²) in [4.78, 5) is 0. The van der Waals surface area contributed by atoms with Gasteiger partial charge < -0.3 is 15.5 Å². The zero-order chi connectivity index (χ0) is 14.2. The molecule has 0 bridgehead atoms. The first-order chi connectivity index (χ1) is 8.95. The number of phenols is 1. The van der Waals surface area contributed by atoms with Crippen LogP contribution in [0.25, 0.3) is 0 Å². The molecule has 0 amide bonds. The van der Waals surface area contributed by atoms with Crippen molar-refractivity contribution in [3.8, 4) is 5.75 Å². The first-order valence-corrected chi connectivity index (χ1v) is 7.15. The summed E-state index contributed by atoms with van der Waals surface area (Å²) in [6, 6.07) is 3.98. The summed E-state index contributed by atoms with van der Waals surface area (Å²) < 4.78 is 0. The van der Waals surface area contributed by atoms with E-state index in [-0.39, 0.29) is 18.7 Å². The van der Waals surface area contributed by atoms with Gasteiger partial charge in [0, 0.05) is 17.6 Å². The fourth-order valence-corrected chi connectivity index (χ4v) is 3.21. The van der Waals surface area contributed by atoms with Gasteiger partial charge in [-0.2, -0.15) is 0 Å². The molecule has 1 aromatic carbocycles. The van der Waals surface area contributed by atoms with Gasteiger partial charge in [0.25, 0.3) is 0 Å². The first kappa shape index (κ1) is 14.4. The van der Waals surface area contributed by atoms with Crippen LogP contribution in [0.15, 0.2) is 12.1 Å². The van der Waals surface area contributed by atoms with E-state index in [1.54, 1.807) is 6.07 Å². The summed E-state index contributed by atoms with van der Waals surface area (Å²) in [6.07, 6.45) is 0.983. The van der Waals surface area contributed by atoms with Crippen molar-refractivity contribution in [3.05, 3.63) is 28.8 Å². The van der Waals surface area contributed by atoms with Crippen molar-refractivity contribution in [2.45, 2.75) is 52.1 Å². The average Bonchev–Trinajstić information content (AvgIpc) is 2.68. The highest BCUT2D eigenvalue weighted by molar-refractivity contribution is 5.50. The van der Waals surface area contributed by atoms with Crippen LogP contribution in [-0.4, -0.2) is 22.9 Å². The van der Waals surface area contributed by atoms with Gasteiger partial charge in [0.15, 0.2) is 0 Å². The van der Waals surface area contributed by atoms with Crippen molar-refractivity contribution in [1.29, 1.82) is 0 Å². The number of rotatable bonds is 4. The number of fused-ring (bicyclic) bond motifs is 1. The standard InChI is InChI=1S/C16H25NO2/c1-9(2)13(8-18)17-12-7-11(4)15-10(3)5-6-14(19)16(12)15/h5-6,9,11-13,17-19H,7-8H2,1-4H3. The molecule has 0 spiro atoms. The molecule has 0 saturated heterocycles. The lowest BCUT2D eigenvalue weighted by molar-refractivity contribution is 0.197. The Bertz CT molecular complexity index is 456. The third kappa shape index (κ3) is 2.63. The summed E-state index contributed by atoms with van der Waals surface area (Å²) in [5.74, 6) is 1.20. The fraction of sp³-hybridized carbons (Fsp3) is 0.625. The molecule has 2 rings (SSSR count). The summed E-state index contributed by atoms with van der Waals surface area (Å²) in [6.45, 7) is 8.64. The van der Waals surface area contributed by atoms with Crippen LogP contribution < -0.4 is 5.32 Å². The molecule has 3 atom stereocenters. The number of phenolic OH excluding ortho intramolecular Hbond substituents is 1. The molecule has 0 aromatic heterocycles. The number of aryl methyl sites for hydroxylation is 1. The van der Waals surface area contributed by atoms with Gasteiger partial charge in [-0.25, -0.2) is 0 Å². The van der Waals surface area contributed by atoms with Crippen molar-refractivity contribution >= 4 is 0 Å². The van der Waals surface area contributed by atoms with Crippen molar-refractivity contribution in [2.24, 2.45) is 5.92 Å². The van der Waals surface area contributed by atoms with E-state index in [4.69, 9.17) is 0 Å². The Kier molecular flexibility index (Phi) is 4.16. The molecule has 0 heterocycles. The van der Waals surface area contributed by atoms with Crippen LogP contribution in [0.2, 0.25) is 0 Å². The van der Waals surface area contributed by atoms with Gasteiger partial charge in [0.1, 0.15) is 5.75 Å². The Morgan fingerprint density at radius 2 is 2.00 bits per heavy atom. The molecule has 3 heteroatoms. The van der Waals surface area contributed by atoms with Crippen molar-refractivity contribution in [3.63, 3.8) is 0 Å². The largest absolute Gasteiger partial charge is 0.508 e. The van der Waals surface area contributed by atoms with Gasteiger partial charge in [-0.15, -0.1) is 0 Å². The minimum Gasteiger partial charge on any atom is -0.508 e. The fourth-order valence-electron chi connectivity index (χ4n) is 3.21. The molecule has 19 heavy (non-hydrogen) atoms. The minimum atomic E-state index is 0.0723. The van der Waals surface area contributed by atoms with E-state index in [0.717, 1.165) is 12.0 Å². The Morgan fingerprint density at radius 1 is 1.32 bits per heavy atom. The summed E-state index contributed by atoms with van der Waals surface area (Å²) in [5.41, 5.74) is 3.55. The molecular weight excluding hydrogens is 238 g/mol. The first-order valence-electron chi connectivity index (χ1n) is 7.15. The molecule has 3 N–H and O–H groups in total. The van der Waals surface area contributed by atoms with Crippen LogP contribution in [0, 0.1) is 12.8 Å². The number of aromatic hydroxyl groups is 1. The molecule has 0 aliphatic heterocycles. The Hall–Kier alpha value is -1.06. The number of nitrogens with one attached hydrogen (secondary N) is 1. The number of aliphatic hydroxyl groups excluding tert-OH is 1. The maximum atomic E-state index is 10.2. The zero-order valence-electron chi connectivity index (χ0n) is 12.3. The van der Waals surface area contributed by atoms with Crippen molar-refractivity contribution in [2.75, 3.05) is 6.61 Å². The number of benzene rings is 1. The molecule has 1 aromatic rings. The van der Waals surface area contributed by atoms with Crippen LogP contribution >= 0.6 is 0 Å². The van der Waals surface area contributed by atoms with E-state index >= 15 is 0 Å². The SMILES string of the molecule is Cc1ccc(O)c2c1C(C)CC2NC(CO)C(C)C. The summed E-state index contributed by atoms with van der Waals surface area (Å²) in [7, 11) is 0. The Balaban J connectivity index is 2.31. The molecule has 3 unspecified atom stereocenters. The zero-order valence-corrected chi connectivity index (χ0v) is 12.3. The third-order valence-corrected chi connectivity index (χ3v) is 4.33. The monoisotopic (exact) mass is 263 g/mol. The van der Waals surface area contributed by atoms with E-state index in [1.807, 2.05) is 6.07 Å². The van der Waals surface area contributed by atoms with Gasteiger partial charge in [-0.05, 0) is 42.4 Å². The lowest BCUT2D eigenvalue weighted by Gasteiger charge is -2.25.